The average Bonchev–Trinajstić information content (AvgIpc) is 2.28. The van der Waals surface area contributed by atoms with E-state index in [9.17, 15) is 0 Å². The lowest BCUT2D eigenvalue weighted by molar-refractivity contribution is 1.13. The van der Waals surface area contributed by atoms with Gasteiger partial charge < -0.3 is 0 Å². The summed E-state index contributed by atoms with van der Waals surface area (Å²) in [6.07, 6.45) is 0. The van der Waals surface area contributed by atoms with E-state index < -0.39 is 0 Å². The summed E-state index contributed by atoms with van der Waals surface area (Å²) in [5.41, 5.74) is 1.82. The van der Waals surface area contributed by atoms with Crippen LogP contribution in [-0.2, 0) is 0 Å². The number of rotatable bonds is 2. The Kier molecular flexibility index (Phi) is 4.11. The number of halogens is 4. The maximum Gasteiger partial charge on any atom is 0.134 e. The Morgan fingerprint density at radius 2 is 2.00 bits per heavy atom. The second kappa shape index (κ2) is 5.21. The van der Waals surface area contributed by atoms with Gasteiger partial charge in [0.15, 0.2) is 0 Å². The van der Waals surface area contributed by atoms with Gasteiger partial charge in [0.1, 0.15) is 5.15 Å². The highest BCUT2D eigenvalue weighted by molar-refractivity contribution is 9.12. The number of hydrogen-bond acceptors (Lipinski definition) is 1. The number of aromatic nitrogens is 1. The minimum absolute atomic E-state index is 0.149. The molecule has 0 aliphatic heterocycles. The topological polar surface area (TPSA) is 12.9 Å². The number of alkyl halides is 2. The zero-order valence-corrected chi connectivity index (χ0v) is 12.7. The summed E-state index contributed by atoms with van der Waals surface area (Å²) in [5.74, 6) is 0. The third kappa shape index (κ3) is 2.53. The Morgan fingerprint density at radius 1 is 1.25 bits per heavy atom. The van der Waals surface area contributed by atoms with Gasteiger partial charge in [0.25, 0.3) is 0 Å². The molecular weight excluding hydrogens is 377 g/mol. The van der Waals surface area contributed by atoms with E-state index in [2.05, 4.69) is 36.8 Å². The summed E-state index contributed by atoms with van der Waals surface area (Å²) in [4.78, 5) is 4.49. The predicted molar refractivity (Wildman–Crippen MR) is 77.2 cm³/mol. The van der Waals surface area contributed by atoms with E-state index in [-0.39, 0.29) is 4.83 Å². The molecule has 0 saturated carbocycles. The molecule has 16 heavy (non-hydrogen) atoms. The Hall–Kier alpha value is 0.170. The molecule has 5 heteroatoms. The van der Waals surface area contributed by atoms with Gasteiger partial charge in [-0.25, -0.2) is 4.98 Å². The fraction of sp³-hybridized carbons (Fsp3) is 0.182. The van der Waals surface area contributed by atoms with Crippen molar-refractivity contribution in [3.05, 3.63) is 40.0 Å². The van der Waals surface area contributed by atoms with Crippen LogP contribution >= 0.6 is 55.1 Å². The van der Waals surface area contributed by atoms with E-state index >= 15 is 0 Å². The largest absolute Gasteiger partial charge is 0.236 e. The maximum absolute atomic E-state index is 6.12. The molecule has 1 nitrogen and oxygen atoms in total. The summed E-state index contributed by atoms with van der Waals surface area (Å²) in [5, 5.41) is 3.00. The van der Waals surface area contributed by atoms with Gasteiger partial charge in [0.2, 0.25) is 0 Å². The molecule has 0 N–H and O–H groups in total. The quantitative estimate of drug-likeness (QED) is 0.501. The summed E-state index contributed by atoms with van der Waals surface area (Å²) in [6.45, 7) is 0. The molecule has 2 aromatic rings. The smallest absolute Gasteiger partial charge is 0.134 e. The highest BCUT2D eigenvalue weighted by atomic mass is 79.9. The standard InChI is InChI=1S/C11H7Br2Cl2N/c12-5-9(13)8-4-6-3-7(14)1-2-10(6)16-11(8)15/h1-4,9H,5H2. The third-order valence-corrected chi connectivity index (χ3v) is 5.10. The van der Waals surface area contributed by atoms with Crippen LogP contribution < -0.4 is 0 Å². The first-order chi connectivity index (χ1) is 7.61. The molecule has 1 atom stereocenters. The first-order valence-corrected chi connectivity index (χ1v) is 7.37. The van der Waals surface area contributed by atoms with Crippen LogP contribution in [0, 0.1) is 0 Å². The third-order valence-electron chi connectivity index (χ3n) is 2.23. The van der Waals surface area contributed by atoms with E-state index in [1.54, 1.807) is 0 Å². The van der Waals surface area contributed by atoms with Crippen LogP contribution in [0.4, 0.5) is 0 Å². The van der Waals surface area contributed by atoms with Gasteiger partial charge in [-0.1, -0.05) is 55.1 Å². The van der Waals surface area contributed by atoms with Crippen LogP contribution in [0.2, 0.25) is 10.2 Å². The molecule has 0 spiro atoms. The van der Waals surface area contributed by atoms with Crippen molar-refractivity contribution in [3.8, 4) is 0 Å². The van der Waals surface area contributed by atoms with Crippen molar-refractivity contribution in [3.63, 3.8) is 0 Å². The average molecular weight is 384 g/mol. The van der Waals surface area contributed by atoms with Crippen LogP contribution in [0.3, 0.4) is 0 Å². The van der Waals surface area contributed by atoms with Crippen LogP contribution in [0.5, 0.6) is 0 Å². The van der Waals surface area contributed by atoms with Crippen molar-refractivity contribution in [2.45, 2.75) is 4.83 Å². The molecule has 1 heterocycles. The van der Waals surface area contributed by atoms with Gasteiger partial charge in [-0.3, -0.25) is 0 Å². The van der Waals surface area contributed by atoms with Gasteiger partial charge in [0, 0.05) is 21.3 Å². The van der Waals surface area contributed by atoms with Gasteiger partial charge >= 0.3 is 0 Å². The van der Waals surface area contributed by atoms with Crippen molar-refractivity contribution < 1.29 is 0 Å². The molecule has 0 radical (unpaired) electrons. The zero-order chi connectivity index (χ0) is 11.7. The summed E-state index contributed by atoms with van der Waals surface area (Å²) in [6, 6.07) is 7.57. The predicted octanol–water partition coefficient (Wildman–Crippen LogP) is 5.37. The Bertz CT molecular complexity index is 531. The molecular formula is C11H7Br2Cl2N. The van der Waals surface area contributed by atoms with Crippen LogP contribution in [-0.4, -0.2) is 10.3 Å². The Labute approximate surface area is 120 Å². The molecule has 0 bridgehead atoms. The van der Waals surface area contributed by atoms with E-state index in [0.29, 0.717) is 10.2 Å². The molecule has 1 unspecified atom stereocenters. The minimum Gasteiger partial charge on any atom is -0.236 e. The molecule has 0 fully saturated rings. The number of hydrogen-bond donors (Lipinski definition) is 0. The molecule has 0 amide bonds. The monoisotopic (exact) mass is 381 g/mol. The van der Waals surface area contributed by atoms with Crippen molar-refractivity contribution in [1.82, 2.24) is 4.98 Å². The number of fused-ring (bicyclic) bond motifs is 1. The molecule has 0 saturated heterocycles. The molecule has 1 aromatic carbocycles. The van der Waals surface area contributed by atoms with E-state index in [1.807, 2.05) is 24.3 Å². The molecule has 84 valence electrons. The van der Waals surface area contributed by atoms with Crippen molar-refractivity contribution in [2.75, 3.05) is 5.33 Å². The summed E-state index contributed by atoms with van der Waals surface area (Å²) in [7, 11) is 0. The highest BCUT2D eigenvalue weighted by Gasteiger charge is 2.12. The lowest BCUT2D eigenvalue weighted by atomic mass is 10.1. The fourth-order valence-electron chi connectivity index (χ4n) is 1.44. The van der Waals surface area contributed by atoms with E-state index in [4.69, 9.17) is 23.2 Å². The van der Waals surface area contributed by atoms with E-state index in [1.165, 1.54) is 0 Å². The highest BCUT2D eigenvalue weighted by Crippen LogP contribution is 2.32. The SMILES string of the molecule is Clc1ccc2nc(Cl)c(C(Br)CBr)cc2c1. The van der Waals surface area contributed by atoms with Crippen molar-refractivity contribution >= 4 is 66.0 Å². The maximum atomic E-state index is 6.12. The Balaban J connectivity index is 2.64. The van der Waals surface area contributed by atoms with Crippen molar-refractivity contribution in [1.29, 1.82) is 0 Å². The summed E-state index contributed by atoms with van der Waals surface area (Å²) >= 11 is 19.0. The van der Waals surface area contributed by atoms with Crippen LogP contribution in [0.1, 0.15) is 10.4 Å². The molecule has 1 aromatic heterocycles. The van der Waals surface area contributed by atoms with Gasteiger partial charge in [-0.05, 0) is 24.3 Å². The molecule has 0 aliphatic rings. The van der Waals surface area contributed by atoms with Crippen LogP contribution in [0.15, 0.2) is 24.3 Å². The normalized spacial score (nSPS) is 13.0. The number of nitrogens with zero attached hydrogens (tertiary/aromatic N) is 1. The summed E-state index contributed by atoms with van der Waals surface area (Å²) < 4.78 is 0. The van der Waals surface area contributed by atoms with E-state index in [0.717, 1.165) is 21.8 Å². The zero-order valence-electron chi connectivity index (χ0n) is 8.05. The van der Waals surface area contributed by atoms with Crippen molar-refractivity contribution in [2.24, 2.45) is 0 Å². The fourth-order valence-corrected chi connectivity index (χ4v) is 2.73. The lowest BCUT2D eigenvalue weighted by Gasteiger charge is -2.09. The molecule has 2 rings (SSSR count). The van der Waals surface area contributed by atoms with Crippen LogP contribution in [0.25, 0.3) is 10.9 Å². The minimum atomic E-state index is 0.149. The number of benzene rings is 1. The Morgan fingerprint density at radius 3 is 2.69 bits per heavy atom. The lowest BCUT2D eigenvalue weighted by Crippen LogP contribution is -1.95. The number of pyridine rings is 1. The molecule has 0 aliphatic carbocycles. The first kappa shape index (κ1) is 12.6. The van der Waals surface area contributed by atoms with Gasteiger partial charge in [-0.2, -0.15) is 0 Å². The second-order valence-corrected chi connectivity index (χ2v) is 5.87. The van der Waals surface area contributed by atoms with Gasteiger partial charge in [0.05, 0.1) is 10.3 Å². The first-order valence-electron chi connectivity index (χ1n) is 4.57. The second-order valence-electron chi connectivity index (χ2n) is 3.33. The van der Waals surface area contributed by atoms with Gasteiger partial charge in [-0.15, -0.1) is 0 Å².